The van der Waals surface area contributed by atoms with Crippen molar-refractivity contribution in [1.82, 2.24) is 9.99 Å². The summed E-state index contributed by atoms with van der Waals surface area (Å²) in [6.07, 6.45) is 1.72. The molecule has 0 spiro atoms. The third-order valence-electron chi connectivity index (χ3n) is 5.88. The number of amides is 1. The molecule has 0 fully saturated rings. The first kappa shape index (κ1) is 19.8. The van der Waals surface area contributed by atoms with Crippen LogP contribution >= 0.6 is 0 Å². The molecule has 0 aliphatic heterocycles. The molecule has 0 aliphatic carbocycles. The Labute approximate surface area is 186 Å². The second-order valence-electron chi connectivity index (χ2n) is 7.89. The second-order valence-corrected chi connectivity index (χ2v) is 7.89. The van der Waals surface area contributed by atoms with Gasteiger partial charge in [-0.05, 0) is 48.2 Å². The second kappa shape index (κ2) is 8.16. The number of fused-ring (bicyclic) bond motifs is 2. The molecule has 156 valence electrons. The molecule has 0 atom stereocenters. The van der Waals surface area contributed by atoms with E-state index in [0.717, 1.165) is 33.4 Å². The van der Waals surface area contributed by atoms with Gasteiger partial charge < -0.3 is 4.57 Å². The summed E-state index contributed by atoms with van der Waals surface area (Å²) in [5, 5.41) is 8.60. The van der Waals surface area contributed by atoms with Crippen molar-refractivity contribution in [1.29, 1.82) is 0 Å². The van der Waals surface area contributed by atoms with Crippen LogP contribution < -0.4 is 5.43 Å². The fraction of sp³-hybridized carbons (Fsp3) is 0.0714. The van der Waals surface area contributed by atoms with E-state index in [1.54, 1.807) is 6.21 Å². The number of aromatic nitrogens is 1. The van der Waals surface area contributed by atoms with E-state index >= 15 is 0 Å². The average Bonchev–Trinajstić information content (AvgIpc) is 3.11. The van der Waals surface area contributed by atoms with Crippen LogP contribution in [0, 0.1) is 13.8 Å². The number of hydrogen-bond donors (Lipinski definition) is 1. The van der Waals surface area contributed by atoms with Crippen molar-refractivity contribution in [3.05, 3.63) is 114 Å². The van der Waals surface area contributed by atoms with Crippen LogP contribution in [-0.2, 0) is 0 Å². The fourth-order valence-electron chi connectivity index (χ4n) is 4.34. The number of carbonyl (C=O) groups is 1. The number of hydrogen-bond acceptors (Lipinski definition) is 2. The topological polar surface area (TPSA) is 46.4 Å². The van der Waals surface area contributed by atoms with Crippen molar-refractivity contribution in [3.8, 4) is 5.69 Å². The quantitative estimate of drug-likeness (QED) is 0.276. The lowest BCUT2D eigenvalue weighted by molar-refractivity contribution is 0.0957. The molecule has 0 aliphatic rings. The first-order valence-electron chi connectivity index (χ1n) is 10.6. The van der Waals surface area contributed by atoms with Crippen LogP contribution in [0.1, 0.15) is 27.3 Å². The molecule has 0 saturated carbocycles. The maximum absolute atomic E-state index is 12.7. The summed E-state index contributed by atoms with van der Waals surface area (Å²) in [5.41, 5.74) is 7.58. The van der Waals surface area contributed by atoms with E-state index in [9.17, 15) is 4.79 Å². The van der Waals surface area contributed by atoms with Gasteiger partial charge in [0.15, 0.2) is 0 Å². The van der Waals surface area contributed by atoms with Crippen LogP contribution in [0.25, 0.3) is 27.2 Å². The van der Waals surface area contributed by atoms with Gasteiger partial charge in [0.25, 0.3) is 5.91 Å². The van der Waals surface area contributed by atoms with Gasteiger partial charge in [-0.2, -0.15) is 5.10 Å². The number of hydrazone groups is 1. The first-order chi connectivity index (χ1) is 15.6. The Bertz CT molecular complexity index is 1480. The number of rotatable bonds is 4. The van der Waals surface area contributed by atoms with Crippen molar-refractivity contribution < 1.29 is 4.79 Å². The molecular weight excluding hydrogens is 394 g/mol. The lowest BCUT2D eigenvalue weighted by atomic mass is 10.0. The van der Waals surface area contributed by atoms with Gasteiger partial charge in [-0.1, -0.05) is 72.8 Å². The van der Waals surface area contributed by atoms with E-state index in [2.05, 4.69) is 77.5 Å². The minimum absolute atomic E-state index is 0.221. The Kier molecular flexibility index (Phi) is 5.04. The highest BCUT2D eigenvalue weighted by Gasteiger charge is 2.12. The van der Waals surface area contributed by atoms with E-state index in [-0.39, 0.29) is 5.91 Å². The van der Waals surface area contributed by atoms with Crippen molar-refractivity contribution in [2.24, 2.45) is 5.10 Å². The van der Waals surface area contributed by atoms with Crippen molar-refractivity contribution in [3.63, 3.8) is 0 Å². The first-order valence-corrected chi connectivity index (χ1v) is 10.6. The highest BCUT2D eigenvalue weighted by atomic mass is 16.2. The van der Waals surface area contributed by atoms with Crippen LogP contribution in [-0.4, -0.2) is 16.7 Å². The normalized spacial score (nSPS) is 11.4. The van der Waals surface area contributed by atoms with Gasteiger partial charge in [-0.3, -0.25) is 4.79 Å². The molecule has 5 aromatic rings. The Hall–Kier alpha value is -4.18. The number of aryl methyl sites for hydroxylation is 1. The molecule has 0 saturated heterocycles. The minimum atomic E-state index is -0.221. The SMILES string of the molecule is Cc1cc(/C=N\NC(=O)c2cccc3ccccc23)c(C)n1-c1cccc2ccccc12. The molecule has 1 amide bonds. The average molecular weight is 418 g/mol. The zero-order valence-electron chi connectivity index (χ0n) is 18.0. The van der Waals surface area contributed by atoms with E-state index in [1.165, 1.54) is 10.8 Å². The molecule has 4 aromatic carbocycles. The van der Waals surface area contributed by atoms with Crippen molar-refractivity contribution >= 4 is 33.7 Å². The van der Waals surface area contributed by atoms with Crippen LogP contribution in [0.2, 0.25) is 0 Å². The van der Waals surface area contributed by atoms with Crippen molar-refractivity contribution in [2.75, 3.05) is 0 Å². The summed E-state index contributed by atoms with van der Waals surface area (Å²) in [6, 6.07) is 30.4. The zero-order valence-corrected chi connectivity index (χ0v) is 18.0. The monoisotopic (exact) mass is 417 g/mol. The smallest absolute Gasteiger partial charge is 0.271 e. The molecule has 1 aromatic heterocycles. The van der Waals surface area contributed by atoms with E-state index in [0.29, 0.717) is 5.56 Å². The van der Waals surface area contributed by atoms with Gasteiger partial charge in [0, 0.05) is 27.9 Å². The molecule has 5 rings (SSSR count). The minimum Gasteiger partial charge on any atom is -0.317 e. The van der Waals surface area contributed by atoms with Gasteiger partial charge in [0.2, 0.25) is 0 Å². The Morgan fingerprint density at radius 3 is 2.22 bits per heavy atom. The zero-order chi connectivity index (χ0) is 22.1. The summed E-state index contributed by atoms with van der Waals surface area (Å²) in [7, 11) is 0. The van der Waals surface area contributed by atoms with Crippen LogP contribution in [0.3, 0.4) is 0 Å². The van der Waals surface area contributed by atoms with E-state index in [1.807, 2.05) is 42.5 Å². The molecular formula is C28H23N3O. The summed E-state index contributed by atoms with van der Waals surface area (Å²) in [6.45, 7) is 4.16. The molecule has 0 unspecified atom stereocenters. The maximum Gasteiger partial charge on any atom is 0.271 e. The maximum atomic E-state index is 12.7. The third-order valence-corrected chi connectivity index (χ3v) is 5.88. The molecule has 1 heterocycles. The molecule has 4 heteroatoms. The molecule has 0 bridgehead atoms. The van der Waals surface area contributed by atoms with Gasteiger partial charge in [0.05, 0.1) is 11.9 Å². The Morgan fingerprint density at radius 2 is 1.44 bits per heavy atom. The van der Waals surface area contributed by atoms with Gasteiger partial charge in [0.1, 0.15) is 0 Å². The van der Waals surface area contributed by atoms with Crippen LogP contribution in [0.15, 0.2) is 96.1 Å². The summed E-state index contributed by atoms with van der Waals surface area (Å²) in [5.74, 6) is -0.221. The largest absolute Gasteiger partial charge is 0.317 e. The highest BCUT2D eigenvalue weighted by molar-refractivity contribution is 6.07. The molecule has 4 nitrogen and oxygen atoms in total. The number of nitrogens with zero attached hydrogens (tertiary/aromatic N) is 2. The van der Waals surface area contributed by atoms with Gasteiger partial charge in [-0.25, -0.2) is 5.43 Å². The summed E-state index contributed by atoms with van der Waals surface area (Å²) >= 11 is 0. The van der Waals surface area contributed by atoms with Gasteiger partial charge in [-0.15, -0.1) is 0 Å². The van der Waals surface area contributed by atoms with Crippen LogP contribution in [0.5, 0.6) is 0 Å². The Morgan fingerprint density at radius 1 is 0.812 bits per heavy atom. The van der Waals surface area contributed by atoms with E-state index in [4.69, 9.17) is 0 Å². The summed E-state index contributed by atoms with van der Waals surface area (Å²) in [4.78, 5) is 12.7. The van der Waals surface area contributed by atoms with E-state index < -0.39 is 0 Å². The predicted molar refractivity (Wildman–Crippen MR) is 132 cm³/mol. The van der Waals surface area contributed by atoms with Crippen molar-refractivity contribution in [2.45, 2.75) is 13.8 Å². The predicted octanol–water partition coefficient (Wildman–Crippen LogP) is 6.16. The van der Waals surface area contributed by atoms with Gasteiger partial charge >= 0.3 is 0 Å². The molecule has 1 N–H and O–H groups in total. The number of carbonyl (C=O) groups excluding carboxylic acids is 1. The fourth-order valence-corrected chi connectivity index (χ4v) is 4.34. The number of benzene rings is 4. The Balaban J connectivity index is 1.44. The highest BCUT2D eigenvalue weighted by Crippen LogP contribution is 2.27. The molecule has 32 heavy (non-hydrogen) atoms. The summed E-state index contributed by atoms with van der Waals surface area (Å²) < 4.78 is 2.23. The lowest BCUT2D eigenvalue weighted by Crippen LogP contribution is -2.18. The number of nitrogens with one attached hydrogen (secondary N) is 1. The third kappa shape index (κ3) is 3.46. The lowest BCUT2D eigenvalue weighted by Gasteiger charge is -2.13. The standard InChI is InChI=1S/C28H23N3O/c1-19-17-23(20(2)31(19)27-16-8-12-22-10-4-6-14-25(22)27)18-29-30-28(32)26-15-7-11-21-9-3-5-13-24(21)26/h3-18H,1-2H3,(H,30,32)/b29-18-. The molecule has 0 radical (unpaired) electrons. The van der Waals surface area contributed by atoms with Crippen LogP contribution in [0.4, 0.5) is 0 Å².